The van der Waals surface area contributed by atoms with Gasteiger partial charge in [0.05, 0.1) is 13.4 Å². The van der Waals surface area contributed by atoms with E-state index in [1.165, 1.54) is 5.56 Å². The number of methoxy groups -OCH3 is 1. The Morgan fingerprint density at radius 2 is 1.72 bits per heavy atom. The van der Waals surface area contributed by atoms with E-state index in [1.807, 2.05) is 36.9 Å². The molecule has 1 amide bonds. The summed E-state index contributed by atoms with van der Waals surface area (Å²) in [6.45, 7) is 5.60. The Hall–Kier alpha value is -3.79. The molecule has 0 saturated carbocycles. The van der Waals surface area contributed by atoms with Crippen LogP contribution in [0.25, 0.3) is 27.7 Å². The van der Waals surface area contributed by atoms with Crippen molar-refractivity contribution in [3.8, 4) is 16.9 Å². The van der Waals surface area contributed by atoms with Crippen molar-refractivity contribution in [3.63, 3.8) is 0 Å². The summed E-state index contributed by atoms with van der Waals surface area (Å²) in [7, 11) is 1.67. The standard InChI is InChI=1S/C32H33NO3/c1-22(18-30(34)33-16-14-25(15-17-33)19-24-10-6-4-7-11-24)27-20-28-29(26-12-8-5-9-13-26)21-36-32(28)23(2)31(27)35-3/h4-13,18,20-21,25H,14-17,19H2,1-3H3/b22-18+. The van der Waals surface area contributed by atoms with Crippen molar-refractivity contribution >= 4 is 22.4 Å². The molecule has 4 heteroatoms. The molecule has 1 aliphatic rings. The van der Waals surface area contributed by atoms with Gasteiger partial charge in [0.2, 0.25) is 5.91 Å². The largest absolute Gasteiger partial charge is 0.496 e. The molecule has 0 bridgehead atoms. The molecule has 2 heterocycles. The van der Waals surface area contributed by atoms with Crippen LogP contribution < -0.4 is 4.74 Å². The quantitative estimate of drug-likeness (QED) is 0.273. The first-order valence-electron chi connectivity index (χ1n) is 12.7. The van der Waals surface area contributed by atoms with Crippen LogP contribution in [0.15, 0.2) is 83.5 Å². The van der Waals surface area contributed by atoms with Crippen LogP contribution in [0.1, 0.15) is 36.5 Å². The van der Waals surface area contributed by atoms with E-state index in [2.05, 4.69) is 48.5 Å². The number of carbonyl (C=O) groups is 1. The van der Waals surface area contributed by atoms with E-state index in [9.17, 15) is 4.79 Å². The van der Waals surface area contributed by atoms with Crippen molar-refractivity contribution in [2.75, 3.05) is 20.2 Å². The Bertz CT molecular complexity index is 1380. The molecule has 184 valence electrons. The van der Waals surface area contributed by atoms with E-state index in [4.69, 9.17) is 9.15 Å². The molecule has 1 fully saturated rings. The lowest BCUT2D eigenvalue weighted by Gasteiger charge is -2.31. The molecule has 0 atom stereocenters. The summed E-state index contributed by atoms with van der Waals surface area (Å²) in [6, 6.07) is 23.0. The number of benzene rings is 3. The summed E-state index contributed by atoms with van der Waals surface area (Å²) in [5.41, 5.74) is 7.09. The van der Waals surface area contributed by atoms with Gasteiger partial charge in [-0.05, 0) is 61.8 Å². The topological polar surface area (TPSA) is 42.7 Å². The minimum Gasteiger partial charge on any atom is -0.496 e. The maximum atomic E-state index is 13.2. The predicted octanol–water partition coefficient (Wildman–Crippen LogP) is 7.30. The SMILES string of the molecule is COc1c(/C(C)=C/C(=O)N2CCC(Cc3ccccc3)CC2)cc2c(-c3ccccc3)coc2c1C. The van der Waals surface area contributed by atoms with Gasteiger partial charge in [-0.15, -0.1) is 0 Å². The van der Waals surface area contributed by atoms with E-state index in [0.717, 1.165) is 76.9 Å². The van der Waals surface area contributed by atoms with Crippen molar-refractivity contribution in [2.24, 2.45) is 5.92 Å². The third kappa shape index (κ3) is 4.81. The van der Waals surface area contributed by atoms with Gasteiger partial charge in [-0.25, -0.2) is 0 Å². The Balaban J connectivity index is 1.37. The van der Waals surface area contributed by atoms with E-state index in [-0.39, 0.29) is 5.91 Å². The van der Waals surface area contributed by atoms with Gasteiger partial charge < -0.3 is 14.1 Å². The molecule has 0 N–H and O–H groups in total. The lowest BCUT2D eigenvalue weighted by Crippen LogP contribution is -2.38. The summed E-state index contributed by atoms with van der Waals surface area (Å²) >= 11 is 0. The second kappa shape index (κ2) is 10.4. The van der Waals surface area contributed by atoms with Crippen molar-refractivity contribution in [1.29, 1.82) is 0 Å². The van der Waals surface area contributed by atoms with Crippen LogP contribution >= 0.6 is 0 Å². The number of hydrogen-bond acceptors (Lipinski definition) is 3. The number of fused-ring (bicyclic) bond motifs is 1. The summed E-state index contributed by atoms with van der Waals surface area (Å²) in [5.74, 6) is 1.45. The third-order valence-electron chi connectivity index (χ3n) is 7.39. The molecule has 4 aromatic rings. The number of amides is 1. The third-order valence-corrected chi connectivity index (χ3v) is 7.39. The lowest BCUT2D eigenvalue weighted by atomic mass is 9.90. The van der Waals surface area contributed by atoms with Crippen LogP contribution in [0.2, 0.25) is 0 Å². The molecule has 5 rings (SSSR count). The van der Waals surface area contributed by atoms with Gasteiger partial charge in [0.15, 0.2) is 0 Å². The first-order chi connectivity index (χ1) is 17.5. The van der Waals surface area contributed by atoms with Gasteiger partial charge in [0.25, 0.3) is 0 Å². The molecule has 36 heavy (non-hydrogen) atoms. The zero-order chi connectivity index (χ0) is 25.1. The van der Waals surface area contributed by atoms with Gasteiger partial charge in [0.1, 0.15) is 11.3 Å². The van der Waals surface area contributed by atoms with Crippen LogP contribution in [-0.4, -0.2) is 31.0 Å². The van der Waals surface area contributed by atoms with E-state index < -0.39 is 0 Å². The lowest BCUT2D eigenvalue weighted by molar-refractivity contribution is -0.127. The van der Waals surface area contributed by atoms with E-state index in [1.54, 1.807) is 19.4 Å². The fourth-order valence-corrected chi connectivity index (χ4v) is 5.37. The fourth-order valence-electron chi connectivity index (χ4n) is 5.37. The molecular weight excluding hydrogens is 446 g/mol. The van der Waals surface area contributed by atoms with Crippen molar-refractivity contribution in [3.05, 3.63) is 95.8 Å². The van der Waals surface area contributed by atoms with Crippen LogP contribution in [0, 0.1) is 12.8 Å². The zero-order valence-electron chi connectivity index (χ0n) is 21.3. The van der Waals surface area contributed by atoms with Gasteiger partial charge in [-0.2, -0.15) is 0 Å². The smallest absolute Gasteiger partial charge is 0.246 e. The number of furan rings is 1. The Morgan fingerprint density at radius 3 is 2.39 bits per heavy atom. The Morgan fingerprint density at radius 1 is 1.06 bits per heavy atom. The summed E-state index contributed by atoms with van der Waals surface area (Å²) < 4.78 is 11.8. The average molecular weight is 480 g/mol. The molecule has 1 aromatic heterocycles. The number of likely N-dealkylation sites (tertiary alicyclic amines) is 1. The number of nitrogens with zero attached hydrogens (tertiary/aromatic N) is 1. The van der Waals surface area contributed by atoms with Crippen molar-refractivity contribution in [1.82, 2.24) is 4.90 Å². The second-order valence-electron chi connectivity index (χ2n) is 9.76. The van der Waals surface area contributed by atoms with Crippen LogP contribution in [0.5, 0.6) is 5.75 Å². The van der Waals surface area contributed by atoms with E-state index in [0.29, 0.717) is 5.92 Å². The molecule has 1 aliphatic heterocycles. The van der Waals surface area contributed by atoms with Crippen LogP contribution in [0.4, 0.5) is 0 Å². The molecule has 0 radical (unpaired) electrons. The molecule has 0 spiro atoms. The molecule has 0 aliphatic carbocycles. The van der Waals surface area contributed by atoms with Crippen LogP contribution in [0.3, 0.4) is 0 Å². The number of rotatable bonds is 6. The van der Waals surface area contributed by atoms with Crippen LogP contribution in [-0.2, 0) is 11.2 Å². The number of ether oxygens (including phenoxy) is 1. The molecule has 3 aromatic carbocycles. The number of aryl methyl sites for hydroxylation is 1. The predicted molar refractivity (Wildman–Crippen MR) is 146 cm³/mol. The fraction of sp³-hybridized carbons (Fsp3) is 0.281. The molecular formula is C32H33NO3. The molecule has 4 nitrogen and oxygen atoms in total. The van der Waals surface area contributed by atoms with E-state index >= 15 is 0 Å². The summed E-state index contributed by atoms with van der Waals surface area (Å²) in [4.78, 5) is 15.2. The highest BCUT2D eigenvalue weighted by atomic mass is 16.5. The second-order valence-corrected chi connectivity index (χ2v) is 9.76. The monoisotopic (exact) mass is 479 g/mol. The van der Waals surface area contributed by atoms with Gasteiger partial charge >= 0.3 is 0 Å². The van der Waals surface area contributed by atoms with Gasteiger partial charge in [0, 0.05) is 41.2 Å². The van der Waals surface area contributed by atoms with Crippen molar-refractivity contribution in [2.45, 2.75) is 33.1 Å². The highest BCUT2D eigenvalue weighted by molar-refractivity contribution is 6.01. The highest BCUT2D eigenvalue weighted by Gasteiger charge is 2.23. The summed E-state index contributed by atoms with van der Waals surface area (Å²) in [5, 5.41) is 1.02. The number of hydrogen-bond donors (Lipinski definition) is 0. The van der Waals surface area contributed by atoms with Gasteiger partial charge in [-0.3, -0.25) is 4.79 Å². The number of piperidine rings is 1. The number of carbonyl (C=O) groups excluding carboxylic acids is 1. The minimum atomic E-state index is 0.0703. The average Bonchev–Trinajstić information content (AvgIpc) is 3.34. The van der Waals surface area contributed by atoms with Crippen molar-refractivity contribution < 1.29 is 13.9 Å². The summed E-state index contributed by atoms with van der Waals surface area (Å²) in [6.07, 6.45) is 6.74. The minimum absolute atomic E-state index is 0.0703. The Labute approximate surface area is 213 Å². The first kappa shape index (κ1) is 23.9. The zero-order valence-corrected chi connectivity index (χ0v) is 21.3. The molecule has 1 saturated heterocycles. The normalized spacial score (nSPS) is 14.9. The highest BCUT2D eigenvalue weighted by Crippen LogP contribution is 2.40. The first-order valence-corrected chi connectivity index (χ1v) is 12.7. The maximum Gasteiger partial charge on any atom is 0.246 e. The number of allylic oxidation sites excluding steroid dienone is 1. The Kier molecular flexibility index (Phi) is 6.95. The maximum absolute atomic E-state index is 13.2. The van der Waals surface area contributed by atoms with Gasteiger partial charge in [-0.1, -0.05) is 60.7 Å². The molecule has 0 unspecified atom stereocenters.